The fraction of sp³-hybridized carbons (Fsp3) is 0.375. The molecule has 7 nitrogen and oxygen atoms in total. The molecule has 0 atom stereocenters. The Labute approximate surface area is 107 Å². The molecule has 0 saturated heterocycles. The zero-order chi connectivity index (χ0) is 12.3. The van der Waals surface area contributed by atoms with Crippen LogP contribution in [0.3, 0.4) is 0 Å². The highest BCUT2D eigenvalue weighted by Crippen LogP contribution is 2.29. The fourth-order valence-corrected chi connectivity index (χ4v) is 1.97. The second-order valence-corrected chi connectivity index (χ2v) is 4.43. The number of aryl methyl sites for hydroxylation is 1. The van der Waals surface area contributed by atoms with Gasteiger partial charge in [-0.3, -0.25) is 0 Å². The normalized spacial score (nSPS) is 10.5. The second kappa shape index (κ2) is 5.28. The van der Waals surface area contributed by atoms with Gasteiger partial charge in [0.25, 0.3) is 0 Å². The van der Waals surface area contributed by atoms with Crippen molar-refractivity contribution in [1.29, 1.82) is 0 Å². The quantitative estimate of drug-likeness (QED) is 0.838. The minimum absolute atomic E-state index is 0.472. The minimum atomic E-state index is 0.472. The first-order chi connectivity index (χ1) is 8.20. The molecule has 0 aliphatic rings. The molecule has 0 unspecified atom stereocenters. The van der Waals surface area contributed by atoms with E-state index in [2.05, 4.69) is 30.8 Å². The van der Waals surface area contributed by atoms with Gasteiger partial charge in [-0.05, 0) is 29.1 Å². The van der Waals surface area contributed by atoms with Crippen LogP contribution in [0.25, 0.3) is 0 Å². The molecule has 2 heterocycles. The molecule has 0 aliphatic heterocycles. The highest BCUT2D eigenvalue weighted by Gasteiger charge is 2.11. The molecule has 0 saturated carbocycles. The van der Waals surface area contributed by atoms with Crippen molar-refractivity contribution in [1.82, 2.24) is 30.2 Å². The van der Waals surface area contributed by atoms with Crippen molar-refractivity contribution in [3.05, 3.63) is 11.2 Å². The number of rotatable bonds is 4. The van der Waals surface area contributed by atoms with Crippen molar-refractivity contribution in [2.45, 2.75) is 17.1 Å². The molecule has 0 bridgehead atoms. The van der Waals surface area contributed by atoms with Crippen LogP contribution in [-0.2, 0) is 7.05 Å². The summed E-state index contributed by atoms with van der Waals surface area (Å²) in [5.74, 6) is 0.537. The minimum Gasteiger partial charge on any atom is -0.354 e. The molecule has 1 N–H and O–H groups in total. The third-order valence-corrected chi connectivity index (χ3v) is 3.24. The van der Waals surface area contributed by atoms with E-state index in [4.69, 9.17) is 11.6 Å². The van der Waals surface area contributed by atoms with Crippen LogP contribution in [-0.4, -0.2) is 36.7 Å². The van der Waals surface area contributed by atoms with Gasteiger partial charge in [0.2, 0.25) is 11.1 Å². The van der Waals surface area contributed by atoms with Crippen LogP contribution in [0.2, 0.25) is 5.02 Å². The Morgan fingerprint density at radius 1 is 1.53 bits per heavy atom. The predicted octanol–water partition coefficient (Wildman–Crippen LogP) is 1.24. The van der Waals surface area contributed by atoms with E-state index in [1.54, 1.807) is 17.9 Å². The molecule has 0 amide bonds. The molecule has 90 valence electrons. The predicted molar refractivity (Wildman–Crippen MR) is 64.1 cm³/mol. The average Bonchev–Trinajstić information content (AvgIpc) is 2.70. The molecule has 2 rings (SSSR count). The Hall–Kier alpha value is -1.41. The molecule has 0 fully saturated rings. The molecular weight excluding hydrogens is 262 g/mol. The van der Waals surface area contributed by atoms with Crippen LogP contribution in [0.15, 0.2) is 16.4 Å². The van der Waals surface area contributed by atoms with Crippen LogP contribution in [0.5, 0.6) is 0 Å². The van der Waals surface area contributed by atoms with Gasteiger partial charge in [-0.1, -0.05) is 11.6 Å². The lowest BCUT2D eigenvalue weighted by Crippen LogP contribution is -2.02. The molecular formula is C8H10ClN7S. The number of anilines is 1. The number of hydrogen-bond acceptors (Lipinski definition) is 7. The topological polar surface area (TPSA) is 81.4 Å². The molecule has 9 heteroatoms. The number of nitrogens with one attached hydrogen (secondary N) is 1. The molecule has 2 aromatic rings. The maximum Gasteiger partial charge on any atom is 0.223 e. The Morgan fingerprint density at radius 2 is 2.35 bits per heavy atom. The van der Waals surface area contributed by atoms with Crippen molar-refractivity contribution < 1.29 is 0 Å². The molecule has 0 aromatic carbocycles. The van der Waals surface area contributed by atoms with Crippen LogP contribution < -0.4 is 5.32 Å². The summed E-state index contributed by atoms with van der Waals surface area (Å²) in [6, 6.07) is 0. The Kier molecular flexibility index (Phi) is 3.75. The number of halogens is 1. The van der Waals surface area contributed by atoms with Gasteiger partial charge in [0, 0.05) is 13.6 Å². The van der Waals surface area contributed by atoms with Gasteiger partial charge >= 0.3 is 0 Å². The van der Waals surface area contributed by atoms with E-state index in [0.29, 0.717) is 21.2 Å². The van der Waals surface area contributed by atoms with E-state index >= 15 is 0 Å². The smallest absolute Gasteiger partial charge is 0.223 e. The molecule has 0 spiro atoms. The van der Waals surface area contributed by atoms with Crippen molar-refractivity contribution in [2.24, 2.45) is 7.05 Å². The first kappa shape index (κ1) is 12.1. The lowest BCUT2D eigenvalue weighted by molar-refractivity contribution is 0.664. The molecule has 2 aromatic heterocycles. The van der Waals surface area contributed by atoms with E-state index in [0.717, 1.165) is 6.54 Å². The fourth-order valence-electron chi connectivity index (χ4n) is 1.06. The largest absolute Gasteiger partial charge is 0.354 e. The summed E-state index contributed by atoms with van der Waals surface area (Å²) in [5, 5.41) is 15.9. The summed E-state index contributed by atoms with van der Waals surface area (Å²) < 4.78 is 1.55. The van der Waals surface area contributed by atoms with E-state index in [-0.39, 0.29) is 0 Å². The summed E-state index contributed by atoms with van der Waals surface area (Å²) in [5.41, 5.74) is 0. The standard InChI is InChI=1S/C8H10ClN7S/c1-3-10-7-11-4-5(9)6(12-7)17-8-13-14-15-16(8)2/h4H,3H2,1-2H3,(H,10,11,12). The van der Waals surface area contributed by atoms with E-state index in [9.17, 15) is 0 Å². The highest BCUT2D eigenvalue weighted by atomic mass is 35.5. The van der Waals surface area contributed by atoms with Gasteiger partial charge < -0.3 is 5.32 Å². The van der Waals surface area contributed by atoms with Crippen LogP contribution >= 0.6 is 23.4 Å². The second-order valence-electron chi connectivity index (χ2n) is 3.06. The third-order valence-electron chi connectivity index (χ3n) is 1.82. The van der Waals surface area contributed by atoms with Gasteiger partial charge in [-0.25, -0.2) is 14.6 Å². The first-order valence-corrected chi connectivity index (χ1v) is 6.06. The zero-order valence-electron chi connectivity index (χ0n) is 9.25. The molecule has 0 aliphatic carbocycles. The number of aromatic nitrogens is 6. The van der Waals surface area contributed by atoms with Crippen molar-refractivity contribution >= 4 is 29.3 Å². The highest BCUT2D eigenvalue weighted by molar-refractivity contribution is 7.99. The lowest BCUT2D eigenvalue weighted by Gasteiger charge is -2.05. The molecule has 0 radical (unpaired) electrons. The van der Waals surface area contributed by atoms with Crippen LogP contribution in [0.1, 0.15) is 6.92 Å². The summed E-state index contributed by atoms with van der Waals surface area (Å²) in [4.78, 5) is 8.33. The number of tetrazole rings is 1. The van der Waals surface area contributed by atoms with E-state index in [1.165, 1.54) is 11.8 Å². The Bertz CT molecular complexity index is 514. The summed E-state index contributed by atoms with van der Waals surface area (Å²) in [6.45, 7) is 2.72. The maximum atomic E-state index is 6.01. The van der Waals surface area contributed by atoms with E-state index in [1.807, 2.05) is 6.92 Å². The van der Waals surface area contributed by atoms with Crippen molar-refractivity contribution in [3.63, 3.8) is 0 Å². The number of hydrogen-bond donors (Lipinski definition) is 1. The third kappa shape index (κ3) is 2.83. The van der Waals surface area contributed by atoms with Crippen LogP contribution in [0, 0.1) is 0 Å². The summed E-state index contributed by atoms with van der Waals surface area (Å²) >= 11 is 7.31. The van der Waals surface area contributed by atoms with Gasteiger partial charge in [0.15, 0.2) is 0 Å². The SMILES string of the molecule is CCNc1ncc(Cl)c(Sc2nnnn2C)n1. The monoisotopic (exact) mass is 271 g/mol. The van der Waals surface area contributed by atoms with Crippen molar-refractivity contribution in [2.75, 3.05) is 11.9 Å². The molecule has 17 heavy (non-hydrogen) atoms. The van der Waals surface area contributed by atoms with Gasteiger partial charge in [-0.2, -0.15) is 0 Å². The Morgan fingerprint density at radius 3 is 3.00 bits per heavy atom. The average molecular weight is 272 g/mol. The van der Waals surface area contributed by atoms with Crippen LogP contribution in [0.4, 0.5) is 5.95 Å². The lowest BCUT2D eigenvalue weighted by atomic mass is 10.6. The van der Waals surface area contributed by atoms with Crippen molar-refractivity contribution in [3.8, 4) is 0 Å². The number of nitrogens with zero attached hydrogens (tertiary/aromatic N) is 6. The van der Waals surface area contributed by atoms with Gasteiger partial charge in [0.1, 0.15) is 5.03 Å². The van der Waals surface area contributed by atoms with Gasteiger partial charge in [0.05, 0.1) is 11.2 Å². The van der Waals surface area contributed by atoms with E-state index < -0.39 is 0 Å². The first-order valence-electron chi connectivity index (χ1n) is 4.87. The summed E-state index contributed by atoms with van der Waals surface area (Å²) in [7, 11) is 1.75. The van der Waals surface area contributed by atoms with Gasteiger partial charge in [-0.15, -0.1) is 5.10 Å². The zero-order valence-corrected chi connectivity index (χ0v) is 10.8. The maximum absolute atomic E-state index is 6.01. The Balaban J connectivity index is 2.25. The summed E-state index contributed by atoms with van der Waals surface area (Å²) in [6.07, 6.45) is 1.55.